The molecule has 0 unspecified atom stereocenters. The highest BCUT2D eigenvalue weighted by atomic mass is 16.5. The molecule has 70 valence electrons. The first-order valence-corrected chi connectivity index (χ1v) is 4.13. The molecule has 0 aromatic heterocycles. The van der Waals surface area contributed by atoms with Crippen molar-refractivity contribution in [2.45, 2.75) is 0 Å². The van der Waals surface area contributed by atoms with Gasteiger partial charge in [-0.25, -0.2) is 0 Å². The fraction of sp³-hybridized carbons (Fsp3) is 0.455. The average molecular weight is 177 g/mol. The van der Waals surface area contributed by atoms with Gasteiger partial charge < -0.3 is 4.74 Å². The molecule has 0 atom stereocenters. The Morgan fingerprint density at radius 2 is 2.15 bits per heavy atom. The second-order valence-electron chi connectivity index (χ2n) is 2.48. The fourth-order valence-electron chi connectivity index (χ4n) is 0.871. The fourth-order valence-corrected chi connectivity index (χ4v) is 0.871. The van der Waals surface area contributed by atoms with Crippen molar-refractivity contribution < 1.29 is 4.74 Å². The van der Waals surface area contributed by atoms with Crippen molar-refractivity contribution in [1.82, 2.24) is 4.90 Å². The van der Waals surface area contributed by atoms with Crippen molar-refractivity contribution in [3.8, 4) is 24.7 Å². The molecule has 13 heavy (non-hydrogen) atoms. The molecule has 0 aliphatic rings. The molecule has 0 aromatic carbocycles. The van der Waals surface area contributed by atoms with E-state index in [0.29, 0.717) is 19.8 Å². The number of terminal acetylenes is 2. The smallest absolute Gasteiger partial charge is 0.107 e. The van der Waals surface area contributed by atoms with Gasteiger partial charge in [0.2, 0.25) is 0 Å². The Bertz CT molecular complexity index is 209. The van der Waals surface area contributed by atoms with Crippen LogP contribution in [0.5, 0.6) is 0 Å². The van der Waals surface area contributed by atoms with Gasteiger partial charge in [-0.1, -0.05) is 17.9 Å². The molecule has 0 saturated heterocycles. The van der Waals surface area contributed by atoms with Crippen LogP contribution in [0.25, 0.3) is 0 Å². The second-order valence-corrected chi connectivity index (χ2v) is 2.48. The zero-order valence-electron chi connectivity index (χ0n) is 7.83. The van der Waals surface area contributed by atoms with Gasteiger partial charge in [0.25, 0.3) is 0 Å². The van der Waals surface area contributed by atoms with Crippen LogP contribution < -0.4 is 0 Å². The van der Waals surface area contributed by atoms with Gasteiger partial charge in [0.05, 0.1) is 13.2 Å². The highest BCUT2D eigenvalue weighted by Crippen LogP contribution is 1.87. The molecule has 0 amide bonds. The predicted molar refractivity (Wildman–Crippen MR) is 55.1 cm³/mol. The van der Waals surface area contributed by atoms with Gasteiger partial charge in [-0.2, -0.15) is 0 Å². The largest absolute Gasteiger partial charge is 0.367 e. The van der Waals surface area contributed by atoms with Gasteiger partial charge in [-0.05, 0) is 0 Å². The number of ether oxygens (including phenoxy) is 1. The van der Waals surface area contributed by atoms with Crippen LogP contribution >= 0.6 is 0 Å². The lowest BCUT2D eigenvalue weighted by Crippen LogP contribution is -2.28. The van der Waals surface area contributed by atoms with Crippen molar-refractivity contribution in [3.63, 3.8) is 0 Å². The Kier molecular flexibility index (Phi) is 8.04. The Labute approximate surface area is 80.6 Å². The van der Waals surface area contributed by atoms with Crippen molar-refractivity contribution in [2.75, 3.05) is 32.8 Å². The van der Waals surface area contributed by atoms with E-state index in [-0.39, 0.29) is 0 Å². The minimum atomic E-state index is 0.359. The Balaban J connectivity index is 3.52. The van der Waals surface area contributed by atoms with Gasteiger partial charge in [0.15, 0.2) is 0 Å². The zero-order valence-corrected chi connectivity index (χ0v) is 7.83. The van der Waals surface area contributed by atoms with Crippen LogP contribution in [0.1, 0.15) is 0 Å². The number of nitrogens with zero attached hydrogens (tertiary/aromatic N) is 1. The lowest BCUT2D eigenvalue weighted by Gasteiger charge is -2.16. The molecule has 0 bridgehead atoms. The summed E-state index contributed by atoms with van der Waals surface area (Å²) in [5.74, 6) is 4.98. The summed E-state index contributed by atoms with van der Waals surface area (Å²) in [6.45, 7) is 6.80. The SMILES string of the molecule is C#CCOCCN(CC#C)CC=C. The molecule has 0 rings (SSSR count). The summed E-state index contributed by atoms with van der Waals surface area (Å²) < 4.78 is 5.13. The summed E-state index contributed by atoms with van der Waals surface area (Å²) in [5, 5.41) is 0. The maximum Gasteiger partial charge on any atom is 0.107 e. The molecular formula is C11H15NO. The van der Waals surface area contributed by atoms with Crippen molar-refractivity contribution in [1.29, 1.82) is 0 Å². The van der Waals surface area contributed by atoms with Crippen LogP contribution in [0.4, 0.5) is 0 Å². The number of hydrogen-bond acceptors (Lipinski definition) is 2. The summed E-state index contributed by atoms with van der Waals surface area (Å²) >= 11 is 0. The summed E-state index contributed by atoms with van der Waals surface area (Å²) in [6, 6.07) is 0. The predicted octanol–water partition coefficient (Wildman–Crippen LogP) is 0.757. The Morgan fingerprint density at radius 3 is 2.69 bits per heavy atom. The number of rotatable bonds is 7. The van der Waals surface area contributed by atoms with Crippen LogP contribution in [-0.4, -0.2) is 37.7 Å². The standard InChI is InChI=1S/C11H15NO/c1-4-7-12(8-5-2)9-11-13-10-6-3/h1,3,5H,2,7-11H2. The van der Waals surface area contributed by atoms with Crippen LogP contribution in [-0.2, 0) is 4.74 Å². The van der Waals surface area contributed by atoms with Gasteiger partial charge >= 0.3 is 0 Å². The summed E-state index contributed by atoms with van der Waals surface area (Å²) in [6.07, 6.45) is 12.0. The van der Waals surface area contributed by atoms with Crippen molar-refractivity contribution in [3.05, 3.63) is 12.7 Å². The minimum absolute atomic E-state index is 0.359. The molecule has 0 aliphatic carbocycles. The van der Waals surface area contributed by atoms with Crippen LogP contribution in [0.3, 0.4) is 0 Å². The van der Waals surface area contributed by atoms with Crippen molar-refractivity contribution >= 4 is 0 Å². The zero-order chi connectivity index (χ0) is 9.94. The van der Waals surface area contributed by atoms with E-state index in [1.165, 1.54) is 0 Å². The highest BCUT2D eigenvalue weighted by Gasteiger charge is 1.99. The molecule has 0 N–H and O–H groups in total. The third-order valence-corrected chi connectivity index (χ3v) is 1.44. The maximum absolute atomic E-state index is 5.19. The molecule has 0 saturated carbocycles. The molecule has 0 fully saturated rings. The molecule has 2 heteroatoms. The average Bonchev–Trinajstić information content (AvgIpc) is 2.13. The Hall–Kier alpha value is -1.22. The van der Waals surface area contributed by atoms with E-state index in [2.05, 4.69) is 23.3 Å². The Morgan fingerprint density at radius 1 is 1.38 bits per heavy atom. The summed E-state index contributed by atoms with van der Waals surface area (Å²) in [4.78, 5) is 2.06. The van der Waals surface area contributed by atoms with Crippen LogP contribution in [0.15, 0.2) is 12.7 Å². The monoisotopic (exact) mass is 177 g/mol. The second kappa shape index (κ2) is 8.87. The first kappa shape index (κ1) is 11.8. The van der Waals surface area contributed by atoms with Crippen molar-refractivity contribution in [2.24, 2.45) is 0 Å². The molecule has 0 radical (unpaired) electrons. The lowest BCUT2D eigenvalue weighted by atomic mass is 10.4. The van der Waals surface area contributed by atoms with Crippen LogP contribution in [0, 0.1) is 24.7 Å². The van der Waals surface area contributed by atoms with Gasteiger partial charge in [0, 0.05) is 13.1 Å². The third-order valence-electron chi connectivity index (χ3n) is 1.44. The molecular weight excluding hydrogens is 162 g/mol. The molecule has 2 nitrogen and oxygen atoms in total. The van der Waals surface area contributed by atoms with Gasteiger partial charge in [0.1, 0.15) is 6.61 Å². The topological polar surface area (TPSA) is 12.5 Å². The molecule has 0 aliphatic heterocycles. The molecule has 0 aromatic rings. The molecule has 0 spiro atoms. The van der Waals surface area contributed by atoms with E-state index >= 15 is 0 Å². The van der Waals surface area contributed by atoms with E-state index in [0.717, 1.165) is 13.1 Å². The van der Waals surface area contributed by atoms with E-state index in [1.54, 1.807) is 0 Å². The number of hydrogen-bond donors (Lipinski definition) is 0. The van der Waals surface area contributed by atoms with E-state index < -0.39 is 0 Å². The first-order chi connectivity index (χ1) is 6.35. The summed E-state index contributed by atoms with van der Waals surface area (Å²) in [5.41, 5.74) is 0. The lowest BCUT2D eigenvalue weighted by molar-refractivity contribution is 0.137. The first-order valence-electron chi connectivity index (χ1n) is 4.13. The molecule has 0 heterocycles. The van der Waals surface area contributed by atoms with E-state index in [4.69, 9.17) is 17.6 Å². The van der Waals surface area contributed by atoms with E-state index in [1.807, 2.05) is 6.08 Å². The highest BCUT2D eigenvalue weighted by molar-refractivity contribution is 4.90. The minimum Gasteiger partial charge on any atom is -0.367 e. The van der Waals surface area contributed by atoms with Gasteiger partial charge in [-0.3, -0.25) is 4.90 Å². The summed E-state index contributed by atoms with van der Waals surface area (Å²) in [7, 11) is 0. The third kappa shape index (κ3) is 7.15. The quantitative estimate of drug-likeness (QED) is 0.323. The van der Waals surface area contributed by atoms with Gasteiger partial charge in [-0.15, -0.1) is 19.4 Å². The van der Waals surface area contributed by atoms with Crippen LogP contribution in [0.2, 0.25) is 0 Å². The normalized spacial score (nSPS) is 9.15. The van der Waals surface area contributed by atoms with E-state index in [9.17, 15) is 0 Å². The maximum atomic E-state index is 5.19.